The van der Waals surface area contributed by atoms with E-state index in [1.807, 2.05) is 20.8 Å². The molecule has 0 saturated carbocycles. The number of hydrogen-bond donors (Lipinski definition) is 1. The Labute approximate surface area is 171 Å². The average molecular weight is 403 g/mol. The zero-order valence-electron chi connectivity index (χ0n) is 17.7. The van der Waals surface area contributed by atoms with Crippen molar-refractivity contribution in [2.45, 2.75) is 44.8 Å². The van der Waals surface area contributed by atoms with Crippen molar-refractivity contribution in [3.63, 3.8) is 0 Å². The predicted octanol–water partition coefficient (Wildman–Crippen LogP) is 2.41. The molecule has 8 heteroatoms. The summed E-state index contributed by atoms with van der Waals surface area (Å²) in [5.41, 5.74) is -0.352. The molecular weight excluding hydrogens is 374 g/mol. The van der Waals surface area contributed by atoms with Crippen LogP contribution in [-0.4, -0.2) is 67.5 Å². The van der Waals surface area contributed by atoms with Gasteiger partial charge in [-0.25, -0.2) is 9.59 Å². The van der Waals surface area contributed by atoms with Crippen LogP contribution in [0.15, 0.2) is 29.3 Å². The first-order chi connectivity index (χ1) is 13.6. The fourth-order valence-electron chi connectivity index (χ4n) is 3.09. The first-order valence-electron chi connectivity index (χ1n) is 9.51. The fourth-order valence-corrected chi connectivity index (χ4v) is 3.09. The van der Waals surface area contributed by atoms with E-state index in [1.165, 1.54) is 7.11 Å². The molecule has 1 saturated heterocycles. The van der Waals surface area contributed by atoms with Crippen molar-refractivity contribution < 1.29 is 23.9 Å². The maximum absolute atomic E-state index is 12.3. The van der Waals surface area contributed by atoms with Gasteiger partial charge in [-0.3, -0.25) is 4.99 Å². The van der Waals surface area contributed by atoms with Gasteiger partial charge in [0.25, 0.3) is 0 Å². The zero-order valence-corrected chi connectivity index (χ0v) is 17.7. The number of esters is 1. The lowest BCUT2D eigenvalue weighted by molar-refractivity contribution is -0.114. The molecule has 1 fully saturated rings. The number of methoxy groups -OCH3 is 1. The van der Waals surface area contributed by atoms with E-state index in [0.29, 0.717) is 42.9 Å². The lowest BCUT2D eigenvalue weighted by Crippen LogP contribution is -2.57. The average Bonchev–Trinajstić information content (AvgIpc) is 2.70. The van der Waals surface area contributed by atoms with Gasteiger partial charge in [-0.05, 0) is 45.7 Å². The van der Waals surface area contributed by atoms with Crippen LogP contribution >= 0.6 is 0 Å². The number of benzene rings is 1. The second kappa shape index (κ2) is 9.07. The van der Waals surface area contributed by atoms with Gasteiger partial charge < -0.3 is 24.5 Å². The normalized spacial score (nSPS) is 16.7. The highest BCUT2D eigenvalue weighted by molar-refractivity contribution is 6.02. The summed E-state index contributed by atoms with van der Waals surface area (Å²) in [6.07, 6.45) is 1.33. The van der Waals surface area contributed by atoms with E-state index in [0.717, 1.165) is 6.29 Å². The van der Waals surface area contributed by atoms with Crippen LogP contribution in [0.5, 0.6) is 0 Å². The summed E-state index contributed by atoms with van der Waals surface area (Å²) in [4.78, 5) is 41.9. The van der Waals surface area contributed by atoms with Crippen molar-refractivity contribution in [1.29, 1.82) is 0 Å². The Balaban J connectivity index is 2.12. The molecule has 0 bridgehead atoms. The van der Waals surface area contributed by atoms with E-state index in [9.17, 15) is 14.4 Å². The highest BCUT2D eigenvalue weighted by Gasteiger charge is 2.38. The topological polar surface area (TPSA) is 97.3 Å². The quantitative estimate of drug-likeness (QED) is 0.359. The minimum atomic E-state index is -0.853. The van der Waals surface area contributed by atoms with Crippen molar-refractivity contribution >= 4 is 24.2 Å². The molecule has 1 aliphatic rings. The van der Waals surface area contributed by atoms with Gasteiger partial charge in [0.05, 0.1) is 18.2 Å². The first kappa shape index (κ1) is 22.4. The molecule has 1 heterocycles. The smallest absolute Gasteiger partial charge is 0.410 e. The lowest BCUT2D eigenvalue weighted by atomic mass is 9.88. The van der Waals surface area contributed by atoms with E-state index in [2.05, 4.69) is 10.3 Å². The SMILES string of the molecule is CN=C(NC1(C=O)CCN(C(=O)OC(C)(C)C)CC1)c1cccc(C(=O)OC)c1. The third kappa shape index (κ3) is 5.79. The standard InChI is InChI=1S/C21H29N3O5/c1-20(2,3)29-19(27)24-11-9-21(14-25,10-12-24)23-17(22-4)15-7-6-8-16(13-15)18(26)28-5/h6-8,13-14H,9-12H2,1-5H3,(H,22,23). The van der Waals surface area contributed by atoms with Gasteiger partial charge in [0.1, 0.15) is 17.7 Å². The maximum atomic E-state index is 12.3. The number of rotatable bonds is 4. The van der Waals surface area contributed by atoms with Crippen molar-refractivity contribution in [3.8, 4) is 0 Å². The number of amidine groups is 1. The third-order valence-electron chi connectivity index (χ3n) is 4.68. The van der Waals surface area contributed by atoms with Gasteiger partial charge in [-0.15, -0.1) is 0 Å². The van der Waals surface area contributed by atoms with Gasteiger partial charge in [0.15, 0.2) is 0 Å². The Hall–Kier alpha value is -2.90. The van der Waals surface area contributed by atoms with Crippen LogP contribution in [0.4, 0.5) is 4.79 Å². The number of carbonyl (C=O) groups excluding carboxylic acids is 3. The molecule has 29 heavy (non-hydrogen) atoms. The van der Waals surface area contributed by atoms with Crippen LogP contribution in [0.3, 0.4) is 0 Å². The van der Waals surface area contributed by atoms with Gasteiger partial charge in [-0.2, -0.15) is 0 Å². The van der Waals surface area contributed by atoms with E-state index in [-0.39, 0.29) is 6.09 Å². The Morgan fingerprint density at radius 1 is 1.21 bits per heavy atom. The predicted molar refractivity (Wildman–Crippen MR) is 109 cm³/mol. The molecule has 0 spiro atoms. The molecule has 158 valence electrons. The second-order valence-corrected chi connectivity index (χ2v) is 8.01. The number of hydrogen-bond acceptors (Lipinski definition) is 6. The van der Waals surface area contributed by atoms with Crippen LogP contribution < -0.4 is 5.32 Å². The highest BCUT2D eigenvalue weighted by Crippen LogP contribution is 2.23. The molecule has 0 unspecified atom stereocenters. The zero-order chi connectivity index (χ0) is 21.7. The van der Waals surface area contributed by atoms with Crippen molar-refractivity contribution in [3.05, 3.63) is 35.4 Å². The van der Waals surface area contributed by atoms with Crippen molar-refractivity contribution in [1.82, 2.24) is 10.2 Å². The van der Waals surface area contributed by atoms with E-state index in [4.69, 9.17) is 9.47 Å². The van der Waals surface area contributed by atoms with Crippen molar-refractivity contribution in [2.24, 2.45) is 4.99 Å². The summed E-state index contributed by atoms with van der Waals surface area (Å²) in [5, 5.41) is 3.23. The van der Waals surface area contributed by atoms with Gasteiger partial charge in [0, 0.05) is 25.7 Å². The Morgan fingerprint density at radius 3 is 2.34 bits per heavy atom. The Bertz CT molecular complexity index is 790. The fraction of sp³-hybridized carbons (Fsp3) is 0.524. The van der Waals surface area contributed by atoms with Gasteiger partial charge in [-0.1, -0.05) is 12.1 Å². The minimum Gasteiger partial charge on any atom is -0.465 e. The summed E-state index contributed by atoms with van der Waals surface area (Å²) in [6.45, 7) is 6.23. The monoisotopic (exact) mass is 403 g/mol. The van der Waals surface area contributed by atoms with Crippen LogP contribution in [0.25, 0.3) is 0 Å². The van der Waals surface area contributed by atoms with Gasteiger partial charge in [0.2, 0.25) is 0 Å². The van der Waals surface area contributed by atoms with Crippen LogP contribution in [0.2, 0.25) is 0 Å². The first-order valence-corrected chi connectivity index (χ1v) is 9.51. The number of amides is 1. The molecule has 0 atom stereocenters. The summed E-state index contributed by atoms with van der Waals surface area (Å²) in [7, 11) is 2.93. The van der Waals surface area contributed by atoms with E-state index >= 15 is 0 Å². The molecule has 0 aliphatic carbocycles. The van der Waals surface area contributed by atoms with Gasteiger partial charge >= 0.3 is 12.1 Å². The lowest BCUT2D eigenvalue weighted by Gasteiger charge is -2.39. The number of likely N-dealkylation sites (tertiary alicyclic amines) is 1. The summed E-state index contributed by atoms with van der Waals surface area (Å²) >= 11 is 0. The van der Waals surface area contributed by atoms with E-state index < -0.39 is 17.1 Å². The van der Waals surface area contributed by atoms with Crippen LogP contribution in [0, 0.1) is 0 Å². The largest absolute Gasteiger partial charge is 0.465 e. The second-order valence-electron chi connectivity index (χ2n) is 8.01. The highest BCUT2D eigenvalue weighted by atomic mass is 16.6. The maximum Gasteiger partial charge on any atom is 0.410 e. The van der Waals surface area contributed by atoms with E-state index in [1.54, 1.807) is 36.2 Å². The molecule has 1 aliphatic heterocycles. The molecule has 1 aromatic carbocycles. The molecule has 1 amide bonds. The molecule has 8 nitrogen and oxygen atoms in total. The summed E-state index contributed by atoms with van der Waals surface area (Å²) < 4.78 is 10.2. The Morgan fingerprint density at radius 2 is 1.83 bits per heavy atom. The number of aldehydes is 1. The molecule has 1 N–H and O–H groups in total. The molecule has 0 radical (unpaired) electrons. The minimum absolute atomic E-state index is 0.382. The molecular formula is C21H29N3O5. The number of nitrogens with one attached hydrogen (secondary N) is 1. The summed E-state index contributed by atoms with van der Waals surface area (Å²) in [6, 6.07) is 6.84. The number of nitrogens with zero attached hydrogens (tertiary/aromatic N) is 2. The molecule has 0 aromatic heterocycles. The van der Waals surface area contributed by atoms with Crippen molar-refractivity contribution in [2.75, 3.05) is 27.2 Å². The van der Waals surface area contributed by atoms with Crippen LogP contribution in [-0.2, 0) is 14.3 Å². The van der Waals surface area contributed by atoms with Crippen LogP contribution in [0.1, 0.15) is 49.5 Å². The number of ether oxygens (including phenoxy) is 2. The molecule has 1 aromatic rings. The third-order valence-corrected chi connectivity index (χ3v) is 4.68. The number of carbonyl (C=O) groups is 3. The number of aliphatic imine (C=N–C) groups is 1. The summed E-state index contributed by atoms with van der Waals surface area (Å²) in [5.74, 6) is 0.0478. The number of piperidine rings is 1. The Kier molecular flexibility index (Phi) is 7.00. The molecule has 2 rings (SSSR count).